The van der Waals surface area contributed by atoms with Crippen molar-refractivity contribution in [3.05, 3.63) is 0 Å². The van der Waals surface area contributed by atoms with Gasteiger partial charge in [0.05, 0.1) is 0 Å². The maximum absolute atomic E-state index is 11.7. The minimum Gasteiger partial charge on any atom is -0.347 e. The zero-order chi connectivity index (χ0) is 10.8. The quantitative estimate of drug-likeness (QED) is 0.708. The molecule has 0 heterocycles. The lowest BCUT2D eigenvalue weighted by atomic mass is 10.1. The number of halogens is 3. The second-order valence-corrected chi connectivity index (χ2v) is 3.60. The first kappa shape index (κ1) is 11.3. The molecular formula is C8H13F3N2O. The van der Waals surface area contributed by atoms with E-state index in [1.165, 1.54) is 0 Å². The zero-order valence-electron chi connectivity index (χ0n) is 7.60. The molecule has 0 spiro atoms. The van der Waals surface area contributed by atoms with Crippen LogP contribution in [0.3, 0.4) is 0 Å². The van der Waals surface area contributed by atoms with E-state index in [0.717, 1.165) is 0 Å². The van der Waals surface area contributed by atoms with Crippen LogP contribution in [0.2, 0.25) is 0 Å². The van der Waals surface area contributed by atoms with Crippen molar-refractivity contribution < 1.29 is 18.0 Å². The first-order chi connectivity index (χ1) is 6.38. The van der Waals surface area contributed by atoms with Gasteiger partial charge in [-0.1, -0.05) is 0 Å². The average molecular weight is 210 g/mol. The Bertz CT molecular complexity index is 217. The van der Waals surface area contributed by atoms with E-state index in [2.05, 4.69) is 0 Å². The topological polar surface area (TPSA) is 55.1 Å². The van der Waals surface area contributed by atoms with Crippen molar-refractivity contribution in [3.63, 3.8) is 0 Å². The molecule has 0 aromatic heterocycles. The summed E-state index contributed by atoms with van der Waals surface area (Å²) in [6, 6.07) is -0.0448. The van der Waals surface area contributed by atoms with Crippen molar-refractivity contribution in [2.75, 3.05) is 6.54 Å². The maximum atomic E-state index is 11.7. The van der Waals surface area contributed by atoms with Crippen LogP contribution in [0.25, 0.3) is 0 Å². The highest BCUT2D eigenvalue weighted by atomic mass is 19.4. The first-order valence-electron chi connectivity index (χ1n) is 4.48. The number of carbonyl (C=O) groups is 1. The Morgan fingerprint density at radius 1 is 1.43 bits per heavy atom. The molecular weight excluding hydrogens is 197 g/mol. The lowest BCUT2D eigenvalue weighted by molar-refractivity contribution is -0.140. The summed E-state index contributed by atoms with van der Waals surface area (Å²) in [5, 5.41) is 1.87. The number of alkyl halides is 3. The lowest BCUT2D eigenvalue weighted by Crippen LogP contribution is -2.37. The Morgan fingerprint density at radius 2 is 2.07 bits per heavy atom. The van der Waals surface area contributed by atoms with Crippen molar-refractivity contribution in [2.45, 2.75) is 31.5 Å². The molecule has 0 bridgehead atoms. The largest absolute Gasteiger partial charge is 0.405 e. The highest BCUT2D eigenvalue weighted by Crippen LogP contribution is 2.24. The highest BCUT2D eigenvalue weighted by molar-refractivity contribution is 5.79. The zero-order valence-corrected chi connectivity index (χ0v) is 7.60. The van der Waals surface area contributed by atoms with Gasteiger partial charge < -0.3 is 11.1 Å². The second-order valence-electron chi connectivity index (χ2n) is 3.60. The normalized spacial score (nSPS) is 27.7. The molecule has 1 rings (SSSR count). The van der Waals surface area contributed by atoms with E-state index >= 15 is 0 Å². The van der Waals surface area contributed by atoms with Gasteiger partial charge in [-0.05, 0) is 19.3 Å². The molecule has 0 aromatic carbocycles. The molecule has 1 aliphatic rings. The van der Waals surface area contributed by atoms with Crippen LogP contribution in [0.5, 0.6) is 0 Å². The van der Waals surface area contributed by atoms with Gasteiger partial charge in [0.1, 0.15) is 6.54 Å². The van der Waals surface area contributed by atoms with Crippen molar-refractivity contribution in [1.29, 1.82) is 0 Å². The molecule has 1 saturated carbocycles. The van der Waals surface area contributed by atoms with Gasteiger partial charge in [0.15, 0.2) is 0 Å². The smallest absolute Gasteiger partial charge is 0.347 e. The molecule has 1 amide bonds. The van der Waals surface area contributed by atoms with Crippen LogP contribution in [0, 0.1) is 5.92 Å². The van der Waals surface area contributed by atoms with Crippen molar-refractivity contribution in [1.82, 2.24) is 5.32 Å². The van der Waals surface area contributed by atoms with Crippen molar-refractivity contribution in [3.8, 4) is 0 Å². The van der Waals surface area contributed by atoms with Gasteiger partial charge in [-0.3, -0.25) is 4.79 Å². The van der Waals surface area contributed by atoms with E-state index in [4.69, 9.17) is 5.73 Å². The molecule has 82 valence electrons. The summed E-state index contributed by atoms with van der Waals surface area (Å²) in [5.41, 5.74) is 5.54. The van der Waals surface area contributed by atoms with E-state index in [-0.39, 0.29) is 12.0 Å². The third kappa shape index (κ3) is 3.53. The fraction of sp³-hybridized carbons (Fsp3) is 0.875. The Balaban J connectivity index is 2.29. The number of hydrogen-bond donors (Lipinski definition) is 2. The molecule has 6 heteroatoms. The van der Waals surface area contributed by atoms with E-state index in [1.807, 2.05) is 5.32 Å². The molecule has 0 aromatic rings. The van der Waals surface area contributed by atoms with Gasteiger partial charge in [0.2, 0.25) is 5.91 Å². The van der Waals surface area contributed by atoms with Gasteiger partial charge in [0.25, 0.3) is 0 Å². The molecule has 0 radical (unpaired) electrons. The number of amides is 1. The van der Waals surface area contributed by atoms with Gasteiger partial charge in [-0.2, -0.15) is 13.2 Å². The van der Waals surface area contributed by atoms with Crippen LogP contribution in [-0.4, -0.2) is 24.7 Å². The Kier molecular flexibility index (Phi) is 3.36. The standard InChI is InChI=1S/C8H13F3N2O/c9-8(10,11)4-13-7(14)5-1-2-6(12)3-5/h5-6H,1-4,12H2,(H,13,14). The third-order valence-electron chi connectivity index (χ3n) is 2.31. The molecule has 3 N–H and O–H groups in total. The summed E-state index contributed by atoms with van der Waals surface area (Å²) in [6.45, 7) is -1.25. The number of carbonyl (C=O) groups excluding carboxylic acids is 1. The summed E-state index contributed by atoms with van der Waals surface area (Å²) in [4.78, 5) is 11.2. The van der Waals surface area contributed by atoms with E-state index in [9.17, 15) is 18.0 Å². The predicted octanol–water partition coefficient (Wildman–Crippen LogP) is 0.792. The van der Waals surface area contributed by atoms with E-state index in [0.29, 0.717) is 19.3 Å². The van der Waals surface area contributed by atoms with Crippen LogP contribution in [0.4, 0.5) is 13.2 Å². The Hall–Kier alpha value is -0.780. The number of rotatable bonds is 2. The monoisotopic (exact) mass is 210 g/mol. The summed E-state index contributed by atoms with van der Waals surface area (Å²) in [7, 11) is 0. The van der Waals surface area contributed by atoms with Crippen LogP contribution in [0.1, 0.15) is 19.3 Å². The molecule has 0 aliphatic heterocycles. The minimum absolute atomic E-state index is 0.0448. The summed E-state index contributed by atoms with van der Waals surface area (Å²) in [5.74, 6) is -0.873. The summed E-state index contributed by atoms with van der Waals surface area (Å²) >= 11 is 0. The van der Waals surface area contributed by atoms with Gasteiger partial charge in [-0.15, -0.1) is 0 Å². The molecule has 1 fully saturated rings. The minimum atomic E-state index is -4.34. The number of nitrogens with two attached hydrogens (primary N) is 1. The van der Waals surface area contributed by atoms with Crippen LogP contribution < -0.4 is 11.1 Å². The molecule has 3 nitrogen and oxygen atoms in total. The fourth-order valence-corrected chi connectivity index (χ4v) is 1.59. The summed E-state index contributed by atoms with van der Waals surface area (Å²) < 4.78 is 35.2. The van der Waals surface area contributed by atoms with Gasteiger partial charge in [0, 0.05) is 12.0 Å². The fourth-order valence-electron chi connectivity index (χ4n) is 1.59. The number of nitrogens with one attached hydrogen (secondary N) is 1. The molecule has 14 heavy (non-hydrogen) atoms. The lowest BCUT2D eigenvalue weighted by Gasteiger charge is -2.12. The van der Waals surface area contributed by atoms with Crippen LogP contribution in [0.15, 0.2) is 0 Å². The first-order valence-corrected chi connectivity index (χ1v) is 4.48. The Labute approximate surface area is 79.8 Å². The number of hydrogen-bond acceptors (Lipinski definition) is 2. The second kappa shape index (κ2) is 4.16. The Morgan fingerprint density at radius 3 is 2.50 bits per heavy atom. The molecule has 1 aliphatic carbocycles. The van der Waals surface area contributed by atoms with E-state index in [1.54, 1.807) is 0 Å². The predicted molar refractivity (Wildman–Crippen MR) is 44.4 cm³/mol. The van der Waals surface area contributed by atoms with Gasteiger partial charge in [-0.25, -0.2) is 0 Å². The van der Waals surface area contributed by atoms with E-state index < -0.39 is 18.6 Å². The van der Waals surface area contributed by atoms with Crippen LogP contribution in [-0.2, 0) is 4.79 Å². The van der Waals surface area contributed by atoms with Crippen molar-refractivity contribution in [2.24, 2.45) is 11.7 Å². The molecule has 2 atom stereocenters. The SMILES string of the molecule is NC1CCC(C(=O)NCC(F)(F)F)C1. The van der Waals surface area contributed by atoms with Crippen molar-refractivity contribution >= 4 is 5.91 Å². The highest BCUT2D eigenvalue weighted by Gasteiger charge is 2.32. The van der Waals surface area contributed by atoms with Crippen LogP contribution >= 0.6 is 0 Å². The third-order valence-corrected chi connectivity index (χ3v) is 2.31. The average Bonchev–Trinajstić information content (AvgIpc) is 2.46. The maximum Gasteiger partial charge on any atom is 0.405 e. The molecule has 0 saturated heterocycles. The molecule has 2 unspecified atom stereocenters. The van der Waals surface area contributed by atoms with Gasteiger partial charge >= 0.3 is 6.18 Å². The summed E-state index contributed by atoms with van der Waals surface area (Å²) in [6.07, 6.45) is -2.55.